The second-order valence-corrected chi connectivity index (χ2v) is 4.71. The first-order valence-electron chi connectivity index (χ1n) is 6.80. The number of rotatable bonds is 7. The second-order valence-electron chi connectivity index (χ2n) is 4.71. The molecule has 0 aliphatic rings. The minimum absolute atomic E-state index is 0.0755. The van der Waals surface area contributed by atoms with E-state index in [9.17, 15) is 4.79 Å². The molecule has 0 saturated heterocycles. The molecule has 0 unspecified atom stereocenters. The van der Waals surface area contributed by atoms with Gasteiger partial charge in [0.15, 0.2) is 0 Å². The summed E-state index contributed by atoms with van der Waals surface area (Å²) in [7, 11) is 3.14. The summed E-state index contributed by atoms with van der Waals surface area (Å²) in [6.07, 6.45) is 1.40. The molecule has 0 fully saturated rings. The molecule has 0 aliphatic heterocycles. The SMILES string of the molecule is CCC(CC)(CN)C(=O)Nc1ccc(OC)cc1OC. The Morgan fingerprint density at radius 2 is 1.90 bits per heavy atom. The molecular weight excluding hydrogens is 256 g/mol. The number of benzene rings is 1. The van der Waals surface area contributed by atoms with Crippen LogP contribution in [0.2, 0.25) is 0 Å². The van der Waals surface area contributed by atoms with E-state index in [1.807, 2.05) is 13.8 Å². The number of nitrogens with two attached hydrogens (primary N) is 1. The van der Waals surface area contributed by atoms with Crippen LogP contribution >= 0.6 is 0 Å². The topological polar surface area (TPSA) is 73.6 Å². The molecule has 1 rings (SSSR count). The number of carbonyl (C=O) groups excluding carboxylic acids is 1. The van der Waals surface area contributed by atoms with E-state index in [1.54, 1.807) is 32.4 Å². The van der Waals surface area contributed by atoms with Crippen molar-refractivity contribution in [2.24, 2.45) is 11.1 Å². The summed E-state index contributed by atoms with van der Waals surface area (Å²) in [5, 5.41) is 2.91. The van der Waals surface area contributed by atoms with Crippen LogP contribution in [0, 0.1) is 5.41 Å². The van der Waals surface area contributed by atoms with Gasteiger partial charge >= 0.3 is 0 Å². The number of hydrogen-bond acceptors (Lipinski definition) is 4. The van der Waals surface area contributed by atoms with Gasteiger partial charge in [-0.2, -0.15) is 0 Å². The van der Waals surface area contributed by atoms with Gasteiger partial charge < -0.3 is 20.5 Å². The van der Waals surface area contributed by atoms with Crippen LogP contribution in [0.15, 0.2) is 18.2 Å². The molecule has 3 N–H and O–H groups in total. The van der Waals surface area contributed by atoms with Gasteiger partial charge in [-0.05, 0) is 25.0 Å². The molecule has 1 amide bonds. The lowest BCUT2D eigenvalue weighted by Crippen LogP contribution is -2.41. The Bertz CT molecular complexity index is 448. The summed E-state index contributed by atoms with van der Waals surface area (Å²) in [5.74, 6) is 1.17. The largest absolute Gasteiger partial charge is 0.497 e. The number of carbonyl (C=O) groups is 1. The summed E-state index contributed by atoms with van der Waals surface area (Å²) in [4.78, 5) is 12.5. The smallest absolute Gasteiger partial charge is 0.231 e. The maximum Gasteiger partial charge on any atom is 0.231 e. The second kappa shape index (κ2) is 7.14. The predicted molar refractivity (Wildman–Crippen MR) is 80.2 cm³/mol. The van der Waals surface area contributed by atoms with E-state index < -0.39 is 5.41 Å². The lowest BCUT2D eigenvalue weighted by molar-refractivity contribution is -0.125. The predicted octanol–water partition coefficient (Wildman–Crippen LogP) is 2.41. The van der Waals surface area contributed by atoms with Gasteiger partial charge in [0.1, 0.15) is 11.5 Å². The first kappa shape index (κ1) is 16.3. The van der Waals surface area contributed by atoms with Crippen molar-refractivity contribution < 1.29 is 14.3 Å². The molecule has 5 nitrogen and oxygen atoms in total. The molecule has 0 aliphatic carbocycles. The van der Waals surface area contributed by atoms with Gasteiger partial charge in [0.05, 0.1) is 25.3 Å². The van der Waals surface area contributed by atoms with Crippen molar-refractivity contribution in [2.75, 3.05) is 26.1 Å². The van der Waals surface area contributed by atoms with E-state index in [1.165, 1.54) is 0 Å². The first-order valence-corrected chi connectivity index (χ1v) is 6.80. The van der Waals surface area contributed by atoms with Gasteiger partial charge in [0.25, 0.3) is 0 Å². The molecule has 0 atom stereocenters. The molecule has 0 bridgehead atoms. The van der Waals surface area contributed by atoms with Crippen molar-refractivity contribution in [3.8, 4) is 11.5 Å². The zero-order valence-corrected chi connectivity index (χ0v) is 12.7. The summed E-state index contributed by atoms with van der Waals surface area (Å²) in [6.45, 7) is 4.27. The van der Waals surface area contributed by atoms with Gasteiger partial charge in [0, 0.05) is 12.6 Å². The molecule has 20 heavy (non-hydrogen) atoms. The van der Waals surface area contributed by atoms with Crippen molar-refractivity contribution in [3.05, 3.63) is 18.2 Å². The Kier molecular flexibility index (Phi) is 5.82. The van der Waals surface area contributed by atoms with E-state index in [0.717, 1.165) is 0 Å². The number of anilines is 1. The Labute approximate surface area is 120 Å². The third-order valence-corrected chi connectivity index (χ3v) is 3.88. The highest BCUT2D eigenvalue weighted by Crippen LogP contribution is 2.32. The molecule has 0 heterocycles. The molecule has 0 spiro atoms. The Morgan fingerprint density at radius 3 is 2.35 bits per heavy atom. The lowest BCUT2D eigenvalue weighted by Gasteiger charge is -2.28. The number of ether oxygens (including phenoxy) is 2. The number of methoxy groups -OCH3 is 2. The average Bonchev–Trinajstić information content (AvgIpc) is 2.50. The minimum atomic E-state index is -0.537. The first-order chi connectivity index (χ1) is 9.56. The average molecular weight is 280 g/mol. The monoisotopic (exact) mass is 280 g/mol. The third-order valence-electron chi connectivity index (χ3n) is 3.88. The minimum Gasteiger partial charge on any atom is -0.497 e. The summed E-state index contributed by atoms with van der Waals surface area (Å²) in [5.41, 5.74) is 5.87. The zero-order chi connectivity index (χ0) is 15.2. The van der Waals surface area contributed by atoms with Crippen molar-refractivity contribution >= 4 is 11.6 Å². The lowest BCUT2D eigenvalue weighted by atomic mass is 9.81. The standard InChI is InChI=1S/C15H24N2O3/c1-5-15(6-2,10-16)14(18)17-12-8-7-11(19-3)9-13(12)20-4/h7-9H,5-6,10,16H2,1-4H3,(H,17,18). The van der Waals surface area contributed by atoms with E-state index in [4.69, 9.17) is 15.2 Å². The number of nitrogens with one attached hydrogen (secondary N) is 1. The number of amides is 1. The van der Waals surface area contributed by atoms with E-state index in [0.29, 0.717) is 36.6 Å². The van der Waals surface area contributed by atoms with Crippen molar-refractivity contribution in [1.29, 1.82) is 0 Å². The molecule has 0 radical (unpaired) electrons. The molecule has 1 aromatic rings. The zero-order valence-electron chi connectivity index (χ0n) is 12.7. The van der Waals surface area contributed by atoms with Gasteiger partial charge in [0.2, 0.25) is 5.91 Å². The quantitative estimate of drug-likeness (QED) is 0.804. The molecule has 5 heteroatoms. The van der Waals surface area contributed by atoms with Crippen LogP contribution in [-0.2, 0) is 4.79 Å². The van der Waals surface area contributed by atoms with Crippen LogP contribution in [-0.4, -0.2) is 26.7 Å². The maximum absolute atomic E-state index is 12.5. The fourth-order valence-electron chi connectivity index (χ4n) is 2.11. The molecule has 0 saturated carbocycles. The van der Waals surface area contributed by atoms with Crippen molar-refractivity contribution in [3.63, 3.8) is 0 Å². The highest BCUT2D eigenvalue weighted by Gasteiger charge is 2.33. The highest BCUT2D eigenvalue weighted by atomic mass is 16.5. The van der Waals surface area contributed by atoms with Crippen molar-refractivity contribution in [1.82, 2.24) is 0 Å². The van der Waals surface area contributed by atoms with Crippen LogP contribution in [0.1, 0.15) is 26.7 Å². The van der Waals surface area contributed by atoms with Crippen LogP contribution in [0.4, 0.5) is 5.69 Å². The van der Waals surface area contributed by atoms with Crippen LogP contribution in [0.3, 0.4) is 0 Å². The van der Waals surface area contributed by atoms with Crippen LogP contribution < -0.4 is 20.5 Å². The van der Waals surface area contributed by atoms with E-state index in [2.05, 4.69) is 5.32 Å². The summed E-state index contributed by atoms with van der Waals surface area (Å²) in [6, 6.07) is 5.28. The van der Waals surface area contributed by atoms with Gasteiger partial charge in [-0.1, -0.05) is 13.8 Å². The highest BCUT2D eigenvalue weighted by molar-refractivity contribution is 5.96. The molecule has 1 aromatic carbocycles. The van der Waals surface area contributed by atoms with Gasteiger partial charge in [-0.25, -0.2) is 0 Å². The summed E-state index contributed by atoms with van der Waals surface area (Å²) < 4.78 is 10.4. The fraction of sp³-hybridized carbons (Fsp3) is 0.533. The summed E-state index contributed by atoms with van der Waals surface area (Å²) >= 11 is 0. The van der Waals surface area contributed by atoms with E-state index in [-0.39, 0.29) is 5.91 Å². The van der Waals surface area contributed by atoms with Gasteiger partial charge in [-0.15, -0.1) is 0 Å². The normalized spacial score (nSPS) is 11.1. The Balaban J connectivity index is 3.00. The van der Waals surface area contributed by atoms with Gasteiger partial charge in [-0.3, -0.25) is 4.79 Å². The third kappa shape index (κ3) is 3.22. The Hall–Kier alpha value is -1.75. The fourth-order valence-corrected chi connectivity index (χ4v) is 2.11. The molecule has 112 valence electrons. The van der Waals surface area contributed by atoms with E-state index >= 15 is 0 Å². The Morgan fingerprint density at radius 1 is 1.25 bits per heavy atom. The van der Waals surface area contributed by atoms with Crippen molar-refractivity contribution in [2.45, 2.75) is 26.7 Å². The number of hydrogen-bond donors (Lipinski definition) is 2. The molecular formula is C15H24N2O3. The van der Waals surface area contributed by atoms with Crippen LogP contribution in [0.25, 0.3) is 0 Å². The van der Waals surface area contributed by atoms with Crippen LogP contribution in [0.5, 0.6) is 11.5 Å². The molecule has 0 aromatic heterocycles. The maximum atomic E-state index is 12.5.